The Morgan fingerprint density at radius 3 is 2.30 bits per heavy atom. The van der Waals surface area contributed by atoms with Crippen molar-refractivity contribution in [3.63, 3.8) is 0 Å². The van der Waals surface area contributed by atoms with E-state index in [1.807, 2.05) is 0 Å². The molecule has 2 aliphatic rings. The Hall–Kier alpha value is -1.93. The van der Waals surface area contributed by atoms with Crippen molar-refractivity contribution in [3.05, 3.63) is 29.3 Å². The molecule has 27 heavy (non-hydrogen) atoms. The molecule has 0 spiro atoms. The standard InChI is InChI=1S/C19H26N2O5S/c1-14-5-6-16(13-17(14)27(24,25)21-9-3-4-10-21)18(22)20-11-7-15(8-12-20)19(23)26-2/h5-6,13,15H,3-4,7-12H2,1-2H3. The number of hydrogen-bond acceptors (Lipinski definition) is 5. The largest absolute Gasteiger partial charge is 0.469 e. The summed E-state index contributed by atoms with van der Waals surface area (Å²) in [7, 11) is -2.21. The van der Waals surface area contributed by atoms with Crippen LogP contribution < -0.4 is 0 Å². The van der Waals surface area contributed by atoms with Gasteiger partial charge < -0.3 is 9.64 Å². The molecule has 3 rings (SSSR count). The molecule has 7 nitrogen and oxygen atoms in total. The highest BCUT2D eigenvalue weighted by Crippen LogP contribution is 2.26. The molecule has 0 bridgehead atoms. The molecule has 2 saturated heterocycles. The van der Waals surface area contributed by atoms with Crippen molar-refractivity contribution in [2.75, 3.05) is 33.3 Å². The predicted molar refractivity (Wildman–Crippen MR) is 99.8 cm³/mol. The minimum atomic E-state index is -3.58. The van der Waals surface area contributed by atoms with Crippen LogP contribution in [0.3, 0.4) is 0 Å². The summed E-state index contributed by atoms with van der Waals surface area (Å²) in [5.41, 5.74) is 1.01. The number of esters is 1. The van der Waals surface area contributed by atoms with Crippen molar-refractivity contribution in [1.82, 2.24) is 9.21 Å². The first-order chi connectivity index (χ1) is 12.8. The van der Waals surface area contributed by atoms with Gasteiger partial charge in [-0.15, -0.1) is 0 Å². The highest BCUT2D eigenvalue weighted by Gasteiger charge is 2.31. The summed E-state index contributed by atoms with van der Waals surface area (Å²) in [6.07, 6.45) is 2.85. The lowest BCUT2D eigenvalue weighted by atomic mass is 9.96. The number of carbonyl (C=O) groups is 2. The number of methoxy groups -OCH3 is 1. The molecule has 0 unspecified atom stereocenters. The van der Waals surface area contributed by atoms with Gasteiger partial charge >= 0.3 is 5.97 Å². The molecular formula is C19H26N2O5S. The Morgan fingerprint density at radius 2 is 1.70 bits per heavy atom. The molecule has 0 atom stereocenters. The van der Waals surface area contributed by atoms with E-state index in [-0.39, 0.29) is 22.7 Å². The van der Waals surface area contributed by atoms with E-state index in [0.717, 1.165) is 12.8 Å². The number of nitrogens with zero attached hydrogens (tertiary/aromatic N) is 2. The summed E-state index contributed by atoms with van der Waals surface area (Å²) in [6.45, 7) is 3.72. The van der Waals surface area contributed by atoms with Crippen molar-refractivity contribution in [2.24, 2.45) is 5.92 Å². The van der Waals surface area contributed by atoms with Gasteiger partial charge in [0.05, 0.1) is 17.9 Å². The second-order valence-electron chi connectivity index (χ2n) is 7.18. The number of carbonyl (C=O) groups excluding carboxylic acids is 2. The minimum Gasteiger partial charge on any atom is -0.469 e. The van der Waals surface area contributed by atoms with E-state index < -0.39 is 10.0 Å². The van der Waals surface area contributed by atoms with Crippen molar-refractivity contribution in [1.29, 1.82) is 0 Å². The Labute approximate surface area is 160 Å². The molecule has 1 aromatic carbocycles. The maximum Gasteiger partial charge on any atom is 0.308 e. The SMILES string of the molecule is COC(=O)C1CCN(C(=O)c2ccc(C)c(S(=O)(=O)N3CCCC3)c2)CC1. The van der Waals surface area contributed by atoms with Crippen LogP contribution in [-0.4, -0.2) is 62.8 Å². The Morgan fingerprint density at radius 1 is 1.07 bits per heavy atom. The molecule has 1 aromatic rings. The number of sulfonamides is 1. The first-order valence-corrected chi connectivity index (χ1v) is 10.8. The van der Waals surface area contributed by atoms with Gasteiger partial charge in [-0.1, -0.05) is 6.07 Å². The average molecular weight is 394 g/mol. The van der Waals surface area contributed by atoms with E-state index in [4.69, 9.17) is 4.74 Å². The smallest absolute Gasteiger partial charge is 0.308 e. The van der Waals surface area contributed by atoms with Gasteiger partial charge in [-0.25, -0.2) is 8.42 Å². The summed E-state index contributed by atoms with van der Waals surface area (Å²) < 4.78 is 32.1. The van der Waals surface area contributed by atoms with Gasteiger partial charge in [0.1, 0.15) is 0 Å². The quantitative estimate of drug-likeness (QED) is 0.727. The number of ether oxygens (including phenoxy) is 1. The second-order valence-corrected chi connectivity index (χ2v) is 9.09. The number of aryl methyl sites for hydroxylation is 1. The van der Waals surface area contributed by atoms with Crippen LogP contribution in [0.25, 0.3) is 0 Å². The van der Waals surface area contributed by atoms with Crippen LogP contribution in [-0.2, 0) is 19.6 Å². The van der Waals surface area contributed by atoms with Crippen molar-refractivity contribution < 1.29 is 22.7 Å². The summed E-state index contributed by atoms with van der Waals surface area (Å²) >= 11 is 0. The van der Waals surface area contributed by atoms with Crippen molar-refractivity contribution >= 4 is 21.9 Å². The molecule has 0 aliphatic carbocycles. The van der Waals surface area contributed by atoms with Crippen molar-refractivity contribution in [3.8, 4) is 0 Å². The van der Waals surface area contributed by atoms with Gasteiger partial charge in [0, 0.05) is 31.7 Å². The molecule has 0 N–H and O–H groups in total. The summed E-state index contributed by atoms with van der Waals surface area (Å²) in [6, 6.07) is 4.86. The fourth-order valence-electron chi connectivity index (χ4n) is 3.75. The molecular weight excluding hydrogens is 368 g/mol. The lowest BCUT2D eigenvalue weighted by molar-refractivity contribution is -0.146. The third-order valence-corrected chi connectivity index (χ3v) is 7.48. The molecule has 148 valence electrons. The van der Waals surface area contributed by atoms with E-state index in [9.17, 15) is 18.0 Å². The number of benzene rings is 1. The third kappa shape index (κ3) is 4.01. The second kappa shape index (κ2) is 7.98. The van der Waals surface area contributed by atoms with Crippen LogP contribution >= 0.6 is 0 Å². The number of likely N-dealkylation sites (tertiary alicyclic amines) is 1. The zero-order valence-electron chi connectivity index (χ0n) is 15.8. The minimum absolute atomic E-state index is 0.178. The first kappa shape index (κ1) is 19.8. The Kier molecular flexibility index (Phi) is 5.86. The molecule has 2 fully saturated rings. The van der Waals surface area contributed by atoms with Crippen LogP contribution in [0.4, 0.5) is 0 Å². The van der Waals surface area contributed by atoms with Gasteiger partial charge in [-0.2, -0.15) is 4.31 Å². The molecule has 1 amide bonds. The van der Waals surface area contributed by atoms with Gasteiger partial charge in [0.15, 0.2) is 0 Å². The lowest BCUT2D eigenvalue weighted by Crippen LogP contribution is -2.40. The van der Waals surface area contributed by atoms with Gasteiger partial charge in [-0.05, 0) is 50.3 Å². The normalized spacial score (nSPS) is 19.3. The summed E-state index contributed by atoms with van der Waals surface area (Å²) in [5.74, 6) is -0.615. The average Bonchev–Trinajstić information content (AvgIpc) is 3.23. The van der Waals surface area contributed by atoms with Gasteiger partial charge in [0.25, 0.3) is 5.91 Å². The van der Waals surface area contributed by atoms with Gasteiger partial charge in [-0.3, -0.25) is 9.59 Å². The Balaban J connectivity index is 1.78. The highest BCUT2D eigenvalue weighted by molar-refractivity contribution is 7.89. The number of rotatable bonds is 4. The molecule has 0 radical (unpaired) electrons. The predicted octanol–water partition coefficient (Wildman–Crippen LogP) is 1.80. The lowest BCUT2D eigenvalue weighted by Gasteiger charge is -2.31. The third-order valence-electron chi connectivity index (χ3n) is 5.43. The van der Waals surface area contributed by atoms with E-state index in [0.29, 0.717) is 50.1 Å². The Bertz CT molecular complexity index is 823. The molecule has 2 aliphatic heterocycles. The maximum absolute atomic E-state index is 12.9. The molecule has 8 heteroatoms. The van der Waals surface area contributed by atoms with E-state index in [1.165, 1.54) is 17.5 Å². The van der Waals surface area contributed by atoms with E-state index >= 15 is 0 Å². The number of amides is 1. The van der Waals surface area contributed by atoms with Crippen LogP contribution in [0.1, 0.15) is 41.6 Å². The van der Waals surface area contributed by atoms with Crippen LogP contribution in [0.15, 0.2) is 23.1 Å². The molecule has 2 heterocycles. The number of piperidine rings is 1. The molecule has 0 aromatic heterocycles. The van der Waals surface area contributed by atoms with Crippen LogP contribution in [0.5, 0.6) is 0 Å². The monoisotopic (exact) mass is 394 g/mol. The maximum atomic E-state index is 12.9. The first-order valence-electron chi connectivity index (χ1n) is 9.32. The number of hydrogen-bond donors (Lipinski definition) is 0. The summed E-state index contributed by atoms with van der Waals surface area (Å²) in [4.78, 5) is 26.4. The zero-order chi connectivity index (χ0) is 19.6. The van der Waals surface area contributed by atoms with E-state index in [2.05, 4.69) is 0 Å². The highest BCUT2D eigenvalue weighted by atomic mass is 32.2. The van der Waals surface area contributed by atoms with Crippen molar-refractivity contribution in [2.45, 2.75) is 37.5 Å². The van der Waals surface area contributed by atoms with E-state index in [1.54, 1.807) is 24.0 Å². The summed E-state index contributed by atoms with van der Waals surface area (Å²) in [5, 5.41) is 0. The molecule has 0 saturated carbocycles. The zero-order valence-corrected chi connectivity index (χ0v) is 16.6. The van der Waals surface area contributed by atoms with Gasteiger partial charge in [0.2, 0.25) is 10.0 Å². The fraction of sp³-hybridized carbons (Fsp3) is 0.579. The van der Waals surface area contributed by atoms with Crippen LogP contribution in [0, 0.1) is 12.8 Å². The topological polar surface area (TPSA) is 84.0 Å². The van der Waals surface area contributed by atoms with Crippen LogP contribution in [0.2, 0.25) is 0 Å². The fourth-order valence-corrected chi connectivity index (χ4v) is 5.51.